The molecular weight excluding hydrogens is 262 g/mol. The summed E-state index contributed by atoms with van der Waals surface area (Å²) in [6, 6.07) is 4.63. The largest absolute Gasteiger partial charge is 0.348 e. The molecule has 1 amide bonds. The molecule has 1 aromatic carbocycles. The number of aromatic nitrogens is 1. The first-order valence-corrected chi connectivity index (χ1v) is 6.12. The third-order valence-corrected chi connectivity index (χ3v) is 2.97. The van der Waals surface area contributed by atoms with Gasteiger partial charge in [0.2, 0.25) is 0 Å². The molecule has 5 heteroatoms. The Hall–Kier alpha value is -2.30. The first kappa shape index (κ1) is 14.1. The standard InChI is InChI=1S/C15H14F2N2O/c1-9-5-11(6-10(2)14(9)17)7-19-15(20)12-3-4-18-8-13(12)16/h3-6,8H,7H2,1-2H3,(H,19,20). The van der Waals surface area contributed by atoms with Crippen molar-refractivity contribution in [2.45, 2.75) is 20.4 Å². The Bertz CT molecular complexity index is 633. The molecule has 2 rings (SSSR count). The fourth-order valence-electron chi connectivity index (χ4n) is 1.97. The number of amides is 1. The first-order valence-electron chi connectivity index (χ1n) is 6.12. The van der Waals surface area contributed by atoms with Gasteiger partial charge in [-0.2, -0.15) is 0 Å². The molecule has 0 saturated carbocycles. The van der Waals surface area contributed by atoms with Crippen molar-refractivity contribution >= 4 is 5.91 Å². The SMILES string of the molecule is Cc1cc(CNC(=O)c2ccncc2F)cc(C)c1F. The maximum Gasteiger partial charge on any atom is 0.254 e. The van der Waals surface area contributed by atoms with Crippen LogP contribution < -0.4 is 5.32 Å². The van der Waals surface area contributed by atoms with Crippen LogP contribution in [0.15, 0.2) is 30.6 Å². The van der Waals surface area contributed by atoms with Crippen LogP contribution in [-0.4, -0.2) is 10.9 Å². The highest BCUT2D eigenvalue weighted by atomic mass is 19.1. The normalized spacial score (nSPS) is 10.4. The van der Waals surface area contributed by atoms with Gasteiger partial charge in [0.25, 0.3) is 5.91 Å². The smallest absolute Gasteiger partial charge is 0.254 e. The van der Waals surface area contributed by atoms with Crippen LogP contribution >= 0.6 is 0 Å². The number of carbonyl (C=O) groups excluding carboxylic acids is 1. The van der Waals surface area contributed by atoms with Gasteiger partial charge in [-0.1, -0.05) is 12.1 Å². The van der Waals surface area contributed by atoms with Crippen LogP contribution in [0.3, 0.4) is 0 Å². The van der Waals surface area contributed by atoms with Crippen molar-refractivity contribution in [3.8, 4) is 0 Å². The highest BCUT2D eigenvalue weighted by Gasteiger charge is 2.11. The van der Waals surface area contributed by atoms with Crippen molar-refractivity contribution in [1.82, 2.24) is 10.3 Å². The van der Waals surface area contributed by atoms with Crippen molar-refractivity contribution in [2.75, 3.05) is 0 Å². The van der Waals surface area contributed by atoms with Gasteiger partial charge in [0.1, 0.15) is 5.82 Å². The monoisotopic (exact) mass is 276 g/mol. The highest BCUT2D eigenvalue weighted by Crippen LogP contribution is 2.14. The quantitative estimate of drug-likeness (QED) is 0.936. The molecule has 0 aliphatic rings. The molecule has 20 heavy (non-hydrogen) atoms. The molecule has 1 aromatic heterocycles. The lowest BCUT2D eigenvalue weighted by atomic mass is 10.1. The molecule has 1 heterocycles. The zero-order valence-electron chi connectivity index (χ0n) is 11.2. The van der Waals surface area contributed by atoms with E-state index in [9.17, 15) is 13.6 Å². The van der Waals surface area contributed by atoms with Crippen LogP contribution in [0.2, 0.25) is 0 Å². The van der Waals surface area contributed by atoms with Gasteiger partial charge >= 0.3 is 0 Å². The first-order chi connectivity index (χ1) is 9.49. The second kappa shape index (κ2) is 5.77. The number of rotatable bonds is 3. The van der Waals surface area contributed by atoms with Gasteiger partial charge in [0, 0.05) is 12.7 Å². The molecular formula is C15H14F2N2O. The minimum Gasteiger partial charge on any atom is -0.348 e. The lowest BCUT2D eigenvalue weighted by molar-refractivity contribution is 0.0946. The molecule has 0 aliphatic carbocycles. The van der Waals surface area contributed by atoms with Crippen molar-refractivity contribution in [3.05, 3.63) is 64.5 Å². The summed E-state index contributed by atoms with van der Waals surface area (Å²) >= 11 is 0. The molecule has 104 valence electrons. The minimum atomic E-state index is -0.670. The molecule has 0 fully saturated rings. The van der Waals surface area contributed by atoms with Crippen molar-refractivity contribution in [3.63, 3.8) is 0 Å². The number of hydrogen-bond donors (Lipinski definition) is 1. The Labute approximate surface area is 115 Å². The predicted octanol–water partition coefficient (Wildman–Crippen LogP) is 2.91. The van der Waals surface area contributed by atoms with E-state index < -0.39 is 11.7 Å². The van der Waals surface area contributed by atoms with E-state index in [0.29, 0.717) is 11.1 Å². The van der Waals surface area contributed by atoms with E-state index in [1.54, 1.807) is 26.0 Å². The van der Waals surface area contributed by atoms with Crippen LogP contribution in [-0.2, 0) is 6.54 Å². The third kappa shape index (κ3) is 2.99. The Morgan fingerprint density at radius 2 is 1.90 bits per heavy atom. The molecule has 0 aliphatic heterocycles. The summed E-state index contributed by atoms with van der Waals surface area (Å²) in [5.74, 6) is -1.44. The van der Waals surface area contributed by atoms with Gasteiger partial charge in [0.15, 0.2) is 5.82 Å². The molecule has 0 saturated heterocycles. The topological polar surface area (TPSA) is 42.0 Å². The van der Waals surface area contributed by atoms with Crippen LogP contribution in [0.4, 0.5) is 8.78 Å². The Balaban J connectivity index is 2.10. The average Bonchev–Trinajstić information content (AvgIpc) is 2.42. The third-order valence-electron chi connectivity index (χ3n) is 2.97. The number of aryl methyl sites for hydroxylation is 2. The average molecular weight is 276 g/mol. The Morgan fingerprint density at radius 3 is 2.50 bits per heavy atom. The van der Waals surface area contributed by atoms with Crippen molar-refractivity contribution in [2.24, 2.45) is 0 Å². The highest BCUT2D eigenvalue weighted by molar-refractivity contribution is 5.94. The van der Waals surface area contributed by atoms with Gasteiger partial charge in [-0.05, 0) is 36.6 Å². The fourth-order valence-corrected chi connectivity index (χ4v) is 1.97. The number of pyridine rings is 1. The summed E-state index contributed by atoms with van der Waals surface area (Å²) in [4.78, 5) is 15.4. The van der Waals surface area contributed by atoms with Gasteiger partial charge in [0.05, 0.1) is 11.8 Å². The zero-order valence-corrected chi connectivity index (χ0v) is 11.2. The molecule has 1 N–H and O–H groups in total. The lowest BCUT2D eigenvalue weighted by Gasteiger charge is -2.09. The van der Waals surface area contributed by atoms with E-state index in [4.69, 9.17) is 0 Å². The number of carbonyl (C=O) groups is 1. The summed E-state index contributed by atoms with van der Waals surface area (Å²) in [5.41, 5.74) is 1.74. The summed E-state index contributed by atoms with van der Waals surface area (Å²) < 4.78 is 26.9. The maximum absolute atomic E-state index is 13.5. The summed E-state index contributed by atoms with van der Waals surface area (Å²) in [6.45, 7) is 3.54. The van der Waals surface area contributed by atoms with Crippen molar-refractivity contribution < 1.29 is 13.6 Å². The van der Waals surface area contributed by atoms with Crippen LogP contribution in [0.5, 0.6) is 0 Å². The van der Waals surface area contributed by atoms with Crippen LogP contribution in [0.1, 0.15) is 27.0 Å². The molecule has 0 unspecified atom stereocenters. The Morgan fingerprint density at radius 1 is 1.25 bits per heavy atom. The summed E-state index contributed by atoms with van der Waals surface area (Å²) in [7, 11) is 0. The summed E-state index contributed by atoms with van der Waals surface area (Å²) in [5, 5.41) is 2.60. The van der Waals surface area contributed by atoms with Gasteiger partial charge in [-0.15, -0.1) is 0 Å². The molecule has 0 spiro atoms. The molecule has 3 nitrogen and oxygen atoms in total. The number of benzene rings is 1. The van der Waals surface area contributed by atoms with E-state index in [0.717, 1.165) is 11.8 Å². The second-order valence-electron chi connectivity index (χ2n) is 4.58. The number of nitrogens with one attached hydrogen (secondary N) is 1. The Kier molecular flexibility index (Phi) is 4.08. The van der Waals surface area contributed by atoms with E-state index >= 15 is 0 Å². The minimum absolute atomic E-state index is 0.0597. The van der Waals surface area contributed by atoms with E-state index in [1.165, 1.54) is 12.3 Å². The lowest BCUT2D eigenvalue weighted by Crippen LogP contribution is -2.24. The second-order valence-corrected chi connectivity index (χ2v) is 4.58. The number of hydrogen-bond acceptors (Lipinski definition) is 2. The van der Waals surface area contributed by atoms with Gasteiger partial charge in [-0.25, -0.2) is 8.78 Å². The number of halogens is 2. The zero-order chi connectivity index (χ0) is 14.7. The van der Waals surface area contributed by atoms with Gasteiger partial charge < -0.3 is 5.32 Å². The van der Waals surface area contributed by atoms with Crippen LogP contribution in [0.25, 0.3) is 0 Å². The number of nitrogens with zero attached hydrogens (tertiary/aromatic N) is 1. The van der Waals surface area contributed by atoms with E-state index in [1.807, 2.05) is 0 Å². The summed E-state index contributed by atoms with van der Waals surface area (Å²) in [6.07, 6.45) is 2.34. The predicted molar refractivity (Wildman–Crippen MR) is 71.2 cm³/mol. The maximum atomic E-state index is 13.5. The van der Waals surface area contributed by atoms with Crippen LogP contribution in [0, 0.1) is 25.5 Å². The van der Waals surface area contributed by atoms with Gasteiger partial charge in [-0.3, -0.25) is 9.78 Å². The molecule has 0 bridgehead atoms. The molecule has 0 radical (unpaired) electrons. The van der Waals surface area contributed by atoms with Crippen molar-refractivity contribution in [1.29, 1.82) is 0 Å². The van der Waals surface area contributed by atoms with E-state index in [2.05, 4.69) is 10.3 Å². The molecule has 0 atom stereocenters. The molecule has 2 aromatic rings. The van der Waals surface area contributed by atoms with E-state index in [-0.39, 0.29) is 17.9 Å². The fraction of sp³-hybridized carbons (Fsp3) is 0.200.